The molecule has 1 fully saturated rings. The molecule has 8 heteroatoms. The molecule has 1 saturated heterocycles. The van der Waals surface area contributed by atoms with Crippen LogP contribution in [0.25, 0.3) is 0 Å². The minimum absolute atomic E-state index is 0.0103. The highest BCUT2D eigenvalue weighted by Crippen LogP contribution is 2.31. The number of aryl methyl sites for hydroxylation is 1. The van der Waals surface area contributed by atoms with Gasteiger partial charge in [0.25, 0.3) is 11.8 Å². The number of piperidine rings is 1. The van der Waals surface area contributed by atoms with Gasteiger partial charge < -0.3 is 15.0 Å². The fourth-order valence-electron chi connectivity index (χ4n) is 4.08. The van der Waals surface area contributed by atoms with Crippen LogP contribution in [0.5, 0.6) is 5.75 Å². The van der Waals surface area contributed by atoms with Gasteiger partial charge >= 0.3 is 0 Å². The third kappa shape index (κ3) is 3.81. The Balaban J connectivity index is 1.40. The van der Waals surface area contributed by atoms with E-state index in [2.05, 4.69) is 17.3 Å². The summed E-state index contributed by atoms with van der Waals surface area (Å²) in [6, 6.07) is 5.14. The first-order valence-corrected chi connectivity index (χ1v) is 10.4. The smallest absolute Gasteiger partial charge is 0.262 e. The number of carbonyl (C=O) groups excluding carboxylic acids is 3. The summed E-state index contributed by atoms with van der Waals surface area (Å²) in [4.78, 5) is 39.2. The highest BCUT2D eigenvalue weighted by Gasteiger charge is 2.30. The van der Waals surface area contributed by atoms with E-state index in [1.807, 2.05) is 16.5 Å². The quantitative estimate of drug-likeness (QED) is 0.765. The standard InChI is InChI=1S/C22H26N4O4/c1-3-8-26-14(2)17(12-23-26)22(29)25-9-6-15(7-10-25)21(28)16-4-5-19-18(11-16)24-20(27)13-30-19/h4-5,11-12,15H,3,6-10,13H2,1-2H3,(H,24,27). The van der Waals surface area contributed by atoms with Gasteiger partial charge in [-0.05, 0) is 44.4 Å². The molecule has 8 nitrogen and oxygen atoms in total. The molecule has 0 spiro atoms. The Morgan fingerprint density at radius 2 is 2.03 bits per heavy atom. The number of anilines is 1. The number of aromatic nitrogens is 2. The summed E-state index contributed by atoms with van der Waals surface area (Å²) < 4.78 is 7.21. The average molecular weight is 410 g/mol. The molecule has 0 bridgehead atoms. The van der Waals surface area contributed by atoms with Crippen molar-refractivity contribution in [1.82, 2.24) is 14.7 Å². The maximum Gasteiger partial charge on any atom is 0.262 e. The molecule has 2 aromatic rings. The number of carbonyl (C=O) groups is 3. The van der Waals surface area contributed by atoms with Crippen LogP contribution >= 0.6 is 0 Å². The minimum atomic E-state index is -0.225. The van der Waals surface area contributed by atoms with E-state index in [0.29, 0.717) is 48.5 Å². The number of benzene rings is 1. The van der Waals surface area contributed by atoms with Crippen LogP contribution in [0.4, 0.5) is 5.69 Å². The second-order valence-electron chi connectivity index (χ2n) is 7.85. The van der Waals surface area contributed by atoms with Crippen LogP contribution in [-0.4, -0.2) is 52.0 Å². The van der Waals surface area contributed by atoms with Crippen molar-refractivity contribution >= 4 is 23.3 Å². The van der Waals surface area contributed by atoms with E-state index in [0.717, 1.165) is 18.7 Å². The predicted octanol–water partition coefficient (Wildman–Crippen LogP) is 2.67. The Morgan fingerprint density at radius 1 is 1.27 bits per heavy atom. The lowest BCUT2D eigenvalue weighted by atomic mass is 9.88. The van der Waals surface area contributed by atoms with E-state index >= 15 is 0 Å². The van der Waals surface area contributed by atoms with E-state index in [1.54, 1.807) is 24.4 Å². The normalized spacial score (nSPS) is 16.6. The maximum absolute atomic E-state index is 13.0. The molecular weight excluding hydrogens is 384 g/mol. The van der Waals surface area contributed by atoms with Crippen LogP contribution in [0.3, 0.4) is 0 Å². The number of fused-ring (bicyclic) bond motifs is 1. The highest BCUT2D eigenvalue weighted by atomic mass is 16.5. The number of amides is 2. The maximum atomic E-state index is 13.0. The van der Waals surface area contributed by atoms with Crippen molar-refractivity contribution in [1.29, 1.82) is 0 Å². The summed E-state index contributed by atoms with van der Waals surface area (Å²) in [6.45, 7) is 5.86. The van der Waals surface area contributed by atoms with Gasteiger partial charge in [-0.15, -0.1) is 0 Å². The van der Waals surface area contributed by atoms with Crippen molar-refractivity contribution in [3.63, 3.8) is 0 Å². The molecule has 0 aliphatic carbocycles. The Morgan fingerprint density at radius 3 is 2.77 bits per heavy atom. The Bertz CT molecular complexity index is 989. The molecule has 1 aromatic carbocycles. The second-order valence-corrected chi connectivity index (χ2v) is 7.85. The molecule has 30 heavy (non-hydrogen) atoms. The first kappa shape index (κ1) is 20.1. The number of ether oxygens (including phenoxy) is 1. The SMILES string of the molecule is CCCn1ncc(C(=O)N2CCC(C(=O)c3ccc4c(c3)NC(=O)CO4)CC2)c1C. The van der Waals surface area contributed by atoms with Gasteiger partial charge in [0, 0.05) is 36.8 Å². The zero-order valence-corrected chi connectivity index (χ0v) is 17.3. The van der Waals surface area contributed by atoms with E-state index in [9.17, 15) is 14.4 Å². The van der Waals surface area contributed by atoms with Gasteiger partial charge in [-0.3, -0.25) is 19.1 Å². The molecule has 0 atom stereocenters. The van der Waals surface area contributed by atoms with Crippen molar-refractivity contribution < 1.29 is 19.1 Å². The molecular formula is C22H26N4O4. The molecule has 2 aliphatic rings. The molecule has 0 saturated carbocycles. The molecule has 2 amide bonds. The summed E-state index contributed by atoms with van der Waals surface area (Å²) in [7, 11) is 0. The van der Waals surface area contributed by atoms with Gasteiger partial charge in [0.15, 0.2) is 12.4 Å². The predicted molar refractivity (Wildman–Crippen MR) is 111 cm³/mol. The topological polar surface area (TPSA) is 93.5 Å². The average Bonchev–Trinajstić information content (AvgIpc) is 3.12. The fraction of sp³-hybridized carbons (Fsp3) is 0.455. The lowest BCUT2D eigenvalue weighted by Crippen LogP contribution is -2.40. The molecule has 2 aliphatic heterocycles. The molecule has 3 heterocycles. The second kappa shape index (κ2) is 8.30. The molecule has 158 valence electrons. The van der Waals surface area contributed by atoms with E-state index in [1.165, 1.54) is 0 Å². The van der Waals surface area contributed by atoms with Crippen LogP contribution in [0, 0.1) is 12.8 Å². The molecule has 4 rings (SSSR count). The number of rotatable bonds is 5. The minimum Gasteiger partial charge on any atom is -0.482 e. The van der Waals surface area contributed by atoms with Crippen molar-refractivity contribution in [2.24, 2.45) is 5.92 Å². The number of hydrogen-bond acceptors (Lipinski definition) is 5. The Kier molecular flexibility index (Phi) is 5.57. The summed E-state index contributed by atoms with van der Waals surface area (Å²) in [5.41, 5.74) is 2.61. The Labute approximate surface area is 175 Å². The van der Waals surface area contributed by atoms with Crippen LogP contribution in [0.15, 0.2) is 24.4 Å². The molecule has 0 radical (unpaired) electrons. The van der Waals surface area contributed by atoms with Gasteiger partial charge in [0.2, 0.25) is 0 Å². The number of nitrogens with one attached hydrogen (secondary N) is 1. The number of Topliss-reactive ketones (excluding diaryl/α,β-unsaturated/α-hetero) is 1. The number of hydrogen-bond donors (Lipinski definition) is 1. The van der Waals surface area contributed by atoms with Crippen LogP contribution in [0.1, 0.15) is 52.6 Å². The highest BCUT2D eigenvalue weighted by molar-refractivity contribution is 6.02. The van der Waals surface area contributed by atoms with Crippen LogP contribution < -0.4 is 10.1 Å². The van der Waals surface area contributed by atoms with Gasteiger partial charge in [-0.25, -0.2) is 0 Å². The largest absolute Gasteiger partial charge is 0.482 e. The number of ketones is 1. The zero-order chi connectivity index (χ0) is 21.3. The summed E-state index contributed by atoms with van der Waals surface area (Å²) in [5, 5.41) is 7.06. The van der Waals surface area contributed by atoms with E-state index < -0.39 is 0 Å². The number of likely N-dealkylation sites (tertiary alicyclic amines) is 1. The lowest BCUT2D eigenvalue weighted by molar-refractivity contribution is -0.118. The van der Waals surface area contributed by atoms with Gasteiger partial charge in [0.05, 0.1) is 17.4 Å². The van der Waals surface area contributed by atoms with Crippen LogP contribution in [0.2, 0.25) is 0 Å². The van der Waals surface area contributed by atoms with Gasteiger partial charge in [-0.2, -0.15) is 5.10 Å². The van der Waals surface area contributed by atoms with Crippen molar-refractivity contribution in [2.75, 3.05) is 25.0 Å². The fourth-order valence-corrected chi connectivity index (χ4v) is 4.08. The molecule has 0 unspecified atom stereocenters. The van der Waals surface area contributed by atoms with Gasteiger partial charge in [0.1, 0.15) is 5.75 Å². The summed E-state index contributed by atoms with van der Waals surface area (Å²) in [6.07, 6.45) is 3.84. The summed E-state index contributed by atoms with van der Waals surface area (Å²) in [5.74, 6) is 0.226. The van der Waals surface area contributed by atoms with Crippen molar-refractivity contribution in [3.8, 4) is 5.75 Å². The summed E-state index contributed by atoms with van der Waals surface area (Å²) >= 11 is 0. The zero-order valence-electron chi connectivity index (χ0n) is 17.3. The molecule has 1 N–H and O–H groups in total. The van der Waals surface area contributed by atoms with Crippen LogP contribution in [-0.2, 0) is 11.3 Å². The number of nitrogens with zero attached hydrogens (tertiary/aromatic N) is 3. The van der Waals surface area contributed by atoms with E-state index in [4.69, 9.17) is 4.74 Å². The third-order valence-electron chi connectivity index (χ3n) is 5.82. The van der Waals surface area contributed by atoms with Crippen molar-refractivity contribution in [2.45, 2.75) is 39.7 Å². The van der Waals surface area contributed by atoms with Gasteiger partial charge in [-0.1, -0.05) is 6.92 Å². The Hall–Kier alpha value is -3.16. The van der Waals surface area contributed by atoms with Crippen molar-refractivity contribution in [3.05, 3.63) is 41.2 Å². The van der Waals surface area contributed by atoms with E-state index in [-0.39, 0.29) is 30.1 Å². The monoisotopic (exact) mass is 410 g/mol. The first-order chi connectivity index (χ1) is 14.5. The first-order valence-electron chi connectivity index (χ1n) is 10.4. The lowest BCUT2D eigenvalue weighted by Gasteiger charge is -2.31. The molecule has 1 aromatic heterocycles. The third-order valence-corrected chi connectivity index (χ3v) is 5.82.